The molecule has 0 aliphatic rings. The second kappa shape index (κ2) is 4.53. The van der Waals surface area contributed by atoms with Gasteiger partial charge in [-0.05, 0) is 30.3 Å². The van der Waals surface area contributed by atoms with Gasteiger partial charge >= 0.3 is 5.69 Å². The maximum absolute atomic E-state index is 12.2. The second-order valence-electron chi connectivity index (χ2n) is 4.26. The number of hydrogen-bond acceptors (Lipinski definition) is 3. The van der Waals surface area contributed by atoms with Gasteiger partial charge in [0.2, 0.25) is 0 Å². The lowest BCUT2D eigenvalue weighted by molar-refractivity contribution is 0.601. The average Bonchev–Trinajstić information content (AvgIpc) is 2.78. The summed E-state index contributed by atoms with van der Waals surface area (Å²) in [6.07, 6.45) is 0. The van der Waals surface area contributed by atoms with E-state index in [0.717, 1.165) is 0 Å². The number of H-pyrrole nitrogens is 2. The normalized spacial score (nSPS) is 11.6. The van der Waals surface area contributed by atoms with Gasteiger partial charge in [-0.3, -0.25) is 4.72 Å². The number of imidazole rings is 1. The molecule has 0 saturated carbocycles. The van der Waals surface area contributed by atoms with E-state index in [1.807, 2.05) is 0 Å². The van der Waals surface area contributed by atoms with Crippen LogP contribution in [0.3, 0.4) is 0 Å². The van der Waals surface area contributed by atoms with Gasteiger partial charge in [0.1, 0.15) is 0 Å². The molecule has 0 aliphatic heterocycles. The molecule has 0 radical (unpaired) electrons. The molecular formula is C13H11N3O3S. The number of hydrogen-bond donors (Lipinski definition) is 3. The van der Waals surface area contributed by atoms with Crippen molar-refractivity contribution in [1.82, 2.24) is 9.97 Å². The highest BCUT2D eigenvalue weighted by molar-refractivity contribution is 7.92. The Hall–Kier alpha value is -2.54. The predicted molar refractivity (Wildman–Crippen MR) is 76.2 cm³/mol. The summed E-state index contributed by atoms with van der Waals surface area (Å²) in [6.45, 7) is 0. The van der Waals surface area contributed by atoms with E-state index in [1.165, 1.54) is 12.1 Å². The van der Waals surface area contributed by atoms with Crippen molar-refractivity contribution in [3.63, 3.8) is 0 Å². The number of aromatic nitrogens is 2. The third-order valence-electron chi connectivity index (χ3n) is 2.82. The van der Waals surface area contributed by atoms with Crippen LogP contribution in [0.25, 0.3) is 11.0 Å². The van der Waals surface area contributed by atoms with Crippen LogP contribution in [0.5, 0.6) is 0 Å². The van der Waals surface area contributed by atoms with E-state index >= 15 is 0 Å². The van der Waals surface area contributed by atoms with E-state index < -0.39 is 10.0 Å². The lowest BCUT2D eigenvalue weighted by Crippen LogP contribution is -2.12. The number of fused-ring (bicyclic) bond motifs is 1. The zero-order chi connectivity index (χ0) is 14.2. The fourth-order valence-corrected chi connectivity index (χ4v) is 2.98. The summed E-state index contributed by atoms with van der Waals surface area (Å²) in [5, 5.41) is 0. The summed E-state index contributed by atoms with van der Waals surface area (Å²) in [4.78, 5) is 16.3. The maximum Gasteiger partial charge on any atom is 0.323 e. The van der Waals surface area contributed by atoms with Gasteiger partial charge < -0.3 is 9.97 Å². The molecule has 0 spiro atoms. The molecule has 1 aromatic heterocycles. The predicted octanol–water partition coefficient (Wildman–Crippen LogP) is 1.66. The Balaban J connectivity index is 2.02. The van der Waals surface area contributed by atoms with Crippen molar-refractivity contribution < 1.29 is 8.42 Å². The van der Waals surface area contributed by atoms with E-state index in [1.54, 1.807) is 36.4 Å². The standard InChI is InChI=1S/C13H11N3O3S/c17-13-14-11-7-6-10(8-12(11)15-13)20(18,19)16-9-4-2-1-3-5-9/h1-8,16H,(H2,14,15,17). The van der Waals surface area contributed by atoms with E-state index in [4.69, 9.17) is 0 Å². The minimum atomic E-state index is -3.68. The monoisotopic (exact) mass is 289 g/mol. The quantitative estimate of drug-likeness (QED) is 0.684. The van der Waals surface area contributed by atoms with E-state index in [2.05, 4.69) is 14.7 Å². The summed E-state index contributed by atoms with van der Waals surface area (Å²) in [6, 6.07) is 13.0. The molecule has 6 nitrogen and oxygen atoms in total. The van der Waals surface area contributed by atoms with Crippen molar-refractivity contribution in [1.29, 1.82) is 0 Å². The molecule has 3 N–H and O–H groups in total. The molecule has 102 valence electrons. The maximum atomic E-state index is 12.2. The fourth-order valence-electron chi connectivity index (χ4n) is 1.90. The lowest BCUT2D eigenvalue weighted by Gasteiger charge is -2.07. The van der Waals surface area contributed by atoms with Gasteiger partial charge in [0, 0.05) is 5.69 Å². The molecule has 0 amide bonds. The molecule has 1 heterocycles. The van der Waals surface area contributed by atoms with Crippen molar-refractivity contribution in [2.75, 3.05) is 4.72 Å². The number of sulfonamides is 1. The first-order valence-corrected chi connectivity index (χ1v) is 7.33. The fraction of sp³-hybridized carbons (Fsp3) is 0. The Labute approximate surface area is 114 Å². The van der Waals surface area contributed by atoms with Crippen LogP contribution in [0.1, 0.15) is 0 Å². The highest BCUT2D eigenvalue weighted by Gasteiger charge is 2.15. The number of benzene rings is 2. The molecule has 0 bridgehead atoms. The zero-order valence-electron chi connectivity index (χ0n) is 10.3. The molecule has 2 aromatic carbocycles. The van der Waals surface area contributed by atoms with Crippen molar-refractivity contribution in [2.45, 2.75) is 4.90 Å². The molecule has 0 atom stereocenters. The largest absolute Gasteiger partial charge is 0.323 e. The SMILES string of the molecule is O=c1[nH]c2ccc(S(=O)(=O)Nc3ccccc3)cc2[nH]1. The van der Waals surface area contributed by atoms with Crippen LogP contribution < -0.4 is 10.4 Å². The number of nitrogens with one attached hydrogen (secondary N) is 3. The third kappa shape index (κ3) is 2.30. The van der Waals surface area contributed by atoms with Crippen molar-refractivity contribution >= 4 is 26.7 Å². The van der Waals surface area contributed by atoms with Gasteiger partial charge in [-0.25, -0.2) is 13.2 Å². The van der Waals surface area contributed by atoms with Gasteiger partial charge in [0.05, 0.1) is 15.9 Å². The number of rotatable bonds is 3. The van der Waals surface area contributed by atoms with Crippen LogP contribution in [0.4, 0.5) is 5.69 Å². The molecule has 20 heavy (non-hydrogen) atoms. The topological polar surface area (TPSA) is 94.8 Å². The van der Waals surface area contributed by atoms with Gasteiger partial charge in [0.25, 0.3) is 10.0 Å². The highest BCUT2D eigenvalue weighted by atomic mass is 32.2. The first-order chi connectivity index (χ1) is 9.54. The van der Waals surface area contributed by atoms with Gasteiger partial charge in [-0.15, -0.1) is 0 Å². The van der Waals surface area contributed by atoms with Gasteiger partial charge in [-0.2, -0.15) is 0 Å². The van der Waals surface area contributed by atoms with Crippen molar-refractivity contribution in [3.8, 4) is 0 Å². The average molecular weight is 289 g/mol. The van der Waals surface area contributed by atoms with E-state index in [-0.39, 0.29) is 10.6 Å². The second-order valence-corrected chi connectivity index (χ2v) is 5.94. The molecule has 0 unspecified atom stereocenters. The van der Waals surface area contributed by atoms with Crippen LogP contribution in [0.2, 0.25) is 0 Å². The summed E-state index contributed by atoms with van der Waals surface area (Å²) in [5.74, 6) is 0. The summed E-state index contributed by atoms with van der Waals surface area (Å²) in [5.41, 5.74) is 1.13. The number of para-hydroxylation sites is 1. The molecule has 0 saturated heterocycles. The minimum Gasteiger partial charge on any atom is -0.306 e. The van der Waals surface area contributed by atoms with Crippen molar-refractivity contribution in [3.05, 3.63) is 59.0 Å². The molecule has 3 aromatic rings. The van der Waals surface area contributed by atoms with Crippen LogP contribution in [-0.4, -0.2) is 18.4 Å². The Morgan fingerprint density at radius 3 is 2.35 bits per heavy atom. The summed E-state index contributed by atoms with van der Waals surface area (Å²) < 4.78 is 27.0. The molecule has 0 fully saturated rings. The van der Waals surface area contributed by atoms with Gasteiger partial charge in [-0.1, -0.05) is 18.2 Å². The van der Waals surface area contributed by atoms with Crippen molar-refractivity contribution in [2.24, 2.45) is 0 Å². The molecular weight excluding hydrogens is 278 g/mol. The zero-order valence-corrected chi connectivity index (χ0v) is 11.1. The third-order valence-corrected chi connectivity index (χ3v) is 4.20. The minimum absolute atomic E-state index is 0.0871. The van der Waals surface area contributed by atoms with E-state index in [9.17, 15) is 13.2 Å². The molecule has 3 rings (SSSR count). The first kappa shape index (κ1) is 12.5. The Kier molecular flexibility index (Phi) is 2.83. The van der Waals surface area contributed by atoms with Crippen LogP contribution in [0.15, 0.2) is 58.2 Å². The summed E-state index contributed by atoms with van der Waals surface area (Å²) in [7, 11) is -3.68. The van der Waals surface area contributed by atoms with Crippen LogP contribution >= 0.6 is 0 Å². The number of anilines is 1. The smallest absolute Gasteiger partial charge is 0.306 e. The van der Waals surface area contributed by atoms with Gasteiger partial charge in [0.15, 0.2) is 0 Å². The molecule has 0 aliphatic carbocycles. The Morgan fingerprint density at radius 1 is 0.900 bits per heavy atom. The summed E-state index contributed by atoms with van der Waals surface area (Å²) >= 11 is 0. The number of aromatic amines is 2. The molecule has 7 heteroatoms. The first-order valence-electron chi connectivity index (χ1n) is 5.84. The van der Waals surface area contributed by atoms with Crippen LogP contribution in [-0.2, 0) is 10.0 Å². The Morgan fingerprint density at radius 2 is 1.60 bits per heavy atom. The lowest BCUT2D eigenvalue weighted by atomic mass is 10.3. The van der Waals surface area contributed by atoms with Crippen LogP contribution in [0, 0.1) is 0 Å². The highest BCUT2D eigenvalue weighted by Crippen LogP contribution is 2.18. The Bertz CT molecular complexity index is 911. The van der Waals surface area contributed by atoms with E-state index in [0.29, 0.717) is 16.7 Å².